The first kappa shape index (κ1) is 13.5. The van der Waals surface area contributed by atoms with Gasteiger partial charge in [0.25, 0.3) is 0 Å². The molecule has 1 aromatic heterocycles. The first-order valence-corrected chi connectivity index (χ1v) is 6.45. The van der Waals surface area contributed by atoms with Crippen LogP contribution in [0, 0.1) is 0 Å². The SMILES string of the molecule is CCCn1c(CN)nnc1SC(C)C(C)O. The van der Waals surface area contributed by atoms with Gasteiger partial charge in [-0.2, -0.15) is 0 Å². The van der Waals surface area contributed by atoms with Crippen molar-refractivity contribution >= 4 is 11.8 Å². The van der Waals surface area contributed by atoms with Gasteiger partial charge in [0.05, 0.1) is 12.6 Å². The first-order chi connectivity index (χ1) is 7.60. The Morgan fingerprint density at radius 1 is 1.44 bits per heavy atom. The minimum Gasteiger partial charge on any atom is -0.392 e. The van der Waals surface area contributed by atoms with Crippen LogP contribution in [-0.2, 0) is 13.1 Å². The first-order valence-electron chi connectivity index (χ1n) is 5.57. The maximum Gasteiger partial charge on any atom is 0.191 e. The van der Waals surface area contributed by atoms with E-state index < -0.39 is 0 Å². The van der Waals surface area contributed by atoms with Crippen LogP contribution in [0.2, 0.25) is 0 Å². The number of aromatic nitrogens is 3. The quantitative estimate of drug-likeness (QED) is 0.730. The van der Waals surface area contributed by atoms with Gasteiger partial charge in [0, 0.05) is 11.8 Å². The highest BCUT2D eigenvalue weighted by atomic mass is 32.2. The molecule has 0 aliphatic rings. The highest BCUT2D eigenvalue weighted by molar-refractivity contribution is 7.99. The van der Waals surface area contributed by atoms with Gasteiger partial charge in [-0.15, -0.1) is 10.2 Å². The molecule has 1 aromatic rings. The third-order valence-electron chi connectivity index (χ3n) is 2.39. The second-order valence-corrected chi connectivity index (χ2v) is 5.16. The summed E-state index contributed by atoms with van der Waals surface area (Å²) in [6.07, 6.45) is 0.653. The Labute approximate surface area is 100 Å². The largest absolute Gasteiger partial charge is 0.392 e. The molecule has 16 heavy (non-hydrogen) atoms. The molecule has 6 heteroatoms. The summed E-state index contributed by atoms with van der Waals surface area (Å²) < 4.78 is 2.03. The van der Waals surface area contributed by atoms with Crippen molar-refractivity contribution in [1.29, 1.82) is 0 Å². The number of aliphatic hydroxyl groups excluding tert-OH is 1. The van der Waals surface area contributed by atoms with Crippen molar-refractivity contribution < 1.29 is 5.11 Å². The highest BCUT2D eigenvalue weighted by Crippen LogP contribution is 2.24. The zero-order valence-electron chi connectivity index (χ0n) is 10.1. The van der Waals surface area contributed by atoms with E-state index >= 15 is 0 Å². The topological polar surface area (TPSA) is 77.0 Å². The fourth-order valence-electron chi connectivity index (χ4n) is 1.27. The monoisotopic (exact) mass is 244 g/mol. The van der Waals surface area contributed by atoms with Crippen LogP contribution in [0.15, 0.2) is 5.16 Å². The van der Waals surface area contributed by atoms with Crippen LogP contribution in [0.25, 0.3) is 0 Å². The molecule has 0 aliphatic carbocycles. The molecule has 0 fully saturated rings. The molecule has 0 aromatic carbocycles. The predicted molar refractivity (Wildman–Crippen MR) is 65.2 cm³/mol. The van der Waals surface area contributed by atoms with Crippen molar-refractivity contribution in [2.75, 3.05) is 0 Å². The van der Waals surface area contributed by atoms with Gasteiger partial charge in [-0.3, -0.25) is 0 Å². The number of aliphatic hydroxyl groups is 1. The van der Waals surface area contributed by atoms with Crippen LogP contribution in [0.4, 0.5) is 0 Å². The van der Waals surface area contributed by atoms with Gasteiger partial charge in [-0.25, -0.2) is 0 Å². The number of nitrogens with zero attached hydrogens (tertiary/aromatic N) is 3. The second kappa shape index (κ2) is 6.22. The molecule has 1 rings (SSSR count). The zero-order valence-corrected chi connectivity index (χ0v) is 10.9. The highest BCUT2D eigenvalue weighted by Gasteiger charge is 2.16. The summed E-state index contributed by atoms with van der Waals surface area (Å²) >= 11 is 1.54. The molecule has 2 atom stereocenters. The lowest BCUT2D eigenvalue weighted by atomic mass is 10.3. The molecule has 0 spiro atoms. The van der Waals surface area contributed by atoms with Gasteiger partial charge in [-0.1, -0.05) is 25.6 Å². The second-order valence-electron chi connectivity index (χ2n) is 3.82. The van der Waals surface area contributed by atoms with E-state index in [-0.39, 0.29) is 11.4 Å². The summed E-state index contributed by atoms with van der Waals surface area (Å²) in [7, 11) is 0. The van der Waals surface area contributed by atoms with Gasteiger partial charge >= 0.3 is 0 Å². The molecule has 0 saturated heterocycles. The van der Waals surface area contributed by atoms with E-state index in [0.717, 1.165) is 23.9 Å². The molecule has 0 saturated carbocycles. The van der Waals surface area contributed by atoms with Crippen molar-refractivity contribution in [3.63, 3.8) is 0 Å². The van der Waals surface area contributed by atoms with Gasteiger partial charge < -0.3 is 15.4 Å². The summed E-state index contributed by atoms with van der Waals surface area (Å²) in [6.45, 7) is 7.13. The minimum atomic E-state index is -0.363. The van der Waals surface area contributed by atoms with Crippen LogP contribution in [0.1, 0.15) is 33.0 Å². The van der Waals surface area contributed by atoms with E-state index in [1.54, 1.807) is 6.92 Å². The number of hydrogen-bond donors (Lipinski definition) is 2. The van der Waals surface area contributed by atoms with E-state index in [1.807, 2.05) is 11.5 Å². The fourth-order valence-corrected chi connectivity index (χ4v) is 2.21. The lowest BCUT2D eigenvalue weighted by Gasteiger charge is -2.14. The van der Waals surface area contributed by atoms with Crippen molar-refractivity contribution in [3.8, 4) is 0 Å². The summed E-state index contributed by atoms with van der Waals surface area (Å²) in [5.41, 5.74) is 5.60. The van der Waals surface area contributed by atoms with Crippen LogP contribution in [0.5, 0.6) is 0 Å². The van der Waals surface area contributed by atoms with Crippen LogP contribution >= 0.6 is 11.8 Å². The molecule has 0 amide bonds. The van der Waals surface area contributed by atoms with Gasteiger partial charge in [0.15, 0.2) is 5.16 Å². The number of hydrogen-bond acceptors (Lipinski definition) is 5. The predicted octanol–water partition coefficient (Wildman–Crippen LogP) is 1.01. The lowest BCUT2D eigenvalue weighted by molar-refractivity contribution is 0.196. The Balaban J connectivity index is 2.82. The zero-order chi connectivity index (χ0) is 12.1. The summed E-state index contributed by atoms with van der Waals surface area (Å²) in [4.78, 5) is 0. The van der Waals surface area contributed by atoms with Gasteiger partial charge in [-0.05, 0) is 13.3 Å². The van der Waals surface area contributed by atoms with Crippen molar-refractivity contribution in [1.82, 2.24) is 14.8 Å². The van der Waals surface area contributed by atoms with Crippen molar-refractivity contribution in [3.05, 3.63) is 5.82 Å². The number of nitrogens with two attached hydrogens (primary N) is 1. The lowest BCUT2D eigenvalue weighted by Crippen LogP contribution is -2.17. The Morgan fingerprint density at radius 3 is 2.62 bits per heavy atom. The minimum absolute atomic E-state index is 0.102. The van der Waals surface area contributed by atoms with E-state index in [9.17, 15) is 5.11 Å². The fraction of sp³-hybridized carbons (Fsp3) is 0.800. The molecule has 2 unspecified atom stereocenters. The van der Waals surface area contributed by atoms with E-state index in [1.165, 1.54) is 11.8 Å². The molecule has 5 nitrogen and oxygen atoms in total. The average molecular weight is 244 g/mol. The summed E-state index contributed by atoms with van der Waals surface area (Å²) in [6, 6.07) is 0. The number of rotatable bonds is 6. The van der Waals surface area contributed by atoms with Crippen molar-refractivity contribution in [2.45, 2.75) is 56.8 Å². The molecule has 0 radical (unpaired) electrons. The number of thioether (sulfide) groups is 1. The molecule has 0 bridgehead atoms. The molecular formula is C10H20N4OS. The maximum atomic E-state index is 9.46. The maximum absolute atomic E-state index is 9.46. The smallest absolute Gasteiger partial charge is 0.191 e. The Hall–Kier alpha value is -0.590. The van der Waals surface area contributed by atoms with Crippen LogP contribution < -0.4 is 5.73 Å². The van der Waals surface area contributed by atoms with Gasteiger partial charge in [0.1, 0.15) is 5.82 Å². The third kappa shape index (κ3) is 3.20. The average Bonchev–Trinajstić information content (AvgIpc) is 2.61. The van der Waals surface area contributed by atoms with Gasteiger partial charge in [0.2, 0.25) is 0 Å². The summed E-state index contributed by atoms with van der Waals surface area (Å²) in [5.74, 6) is 0.808. The normalized spacial score (nSPS) is 15.1. The van der Waals surface area contributed by atoms with Crippen LogP contribution in [-0.4, -0.2) is 31.2 Å². The molecule has 92 valence electrons. The Bertz CT molecular complexity index is 327. The summed E-state index contributed by atoms with van der Waals surface area (Å²) in [5, 5.41) is 18.6. The van der Waals surface area contributed by atoms with Crippen molar-refractivity contribution in [2.24, 2.45) is 5.73 Å². The molecule has 0 aliphatic heterocycles. The van der Waals surface area contributed by atoms with Crippen LogP contribution in [0.3, 0.4) is 0 Å². The third-order valence-corrected chi connectivity index (χ3v) is 3.67. The molecule has 1 heterocycles. The molecular weight excluding hydrogens is 224 g/mol. The Kier molecular flexibility index (Phi) is 5.24. The Morgan fingerprint density at radius 2 is 2.12 bits per heavy atom. The van der Waals surface area contributed by atoms with E-state index in [4.69, 9.17) is 5.73 Å². The standard InChI is InChI=1S/C10H20N4OS/c1-4-5-14-9(6-11)12-13-10(14)16-8(3)7(2)15/h7-8,15H,4-6,11H2,1-3H3. The van der Waals surface area contributed by atoms with E-state index in [2.05, 4.69) is 17.1 Å². The van der Waals surface area contributed by atoms with E-state index in [0.29, 0.717) is 6.54 Å². The molecule has 3 N–H and O–H groups in total.